The fraction of sp³-hybridized carbons (Fsp3) is 0.632. The number of ether oxygens (including phenoxy) is 3. The van der Waals surface area contributed by atoms with Gasteiger partial charge in [-0.2, -0.15) is 0 Å². The van der Waals surface area contributed by atoms with Gasteiger partial charge in [0.25, 0.3) is 0 Å². The molecule has 1 atom stereocenters. The number of amides is 1. The Morgan fingerprint density at radius 1 is 1.21 bits per heavy atom. The minimum Gasteiger partial charge on any atom is -0.490 e. The van der Waals surface area contributed by atoms with Crippen LogP contribution in [0.3, 0.4) is 0 Å². The summed E-state index contributed by atoms with van der Waals surface area (Å²) >= 11 is 0. The van der Waals surface area contributed by atoms with E-state index in [1.165, 1.54) is 12.8 Å². The third kappa shape index (κ3) is 6.49. The molecule has 2 rings (SSSR count). The molecule has 0 saturated heterocycles. The van der Waals surface area contributed by atoms with Gasteiger partial charge in [0.1, 0.15) is 11.9 Å². The molecule has 1 fully saturated rings. The zero-order valence-corrected chi connectivity index (χ0v) is 14.8. The second-order valence-corrected chi connectivity index (χ2v) is 6.10. The van der Waals surface area contributed by atoms with E-state index in [1.54, 1.807) is 6.92 Å². The smallest absolute Gasteiger partial charge is 0.249 e. The highest BCUT2D eigenvalue weighted by Crippen LogP contribution is 2.24. The zero-order chi connectivity index (χ0) is 17.2. The first-order valence-corrected chi connectivity index (χ1v) is 8.91. The van der Waals surface area contributed by atoms with Crippen molar-refractivity contribution in [1.29, 1.82) is 0 Å². The monoisotopic (exact) mass is 335 g/mol. The number of nitrogens with one attached hydrogen (secondary N) is 1. The first-order chi connectivity index (χ1) is 11.7. The fourth-order valence-electron chi connectivity index (χ4n) is 2.72. The van der Waals surface area contributed by atoms with E-state index in [-0.39, 0.29) is 5.91 Å². The van der Waals surface area contributed by atoms with E-state index in [9.17, 15) is 4.79 Å². The molecule has 0 bridgehead atoms. The van der Waals surface area contributed by atoms with Crippen molar-refractivity contribution in [2.45, 2.75) is 58.3 Å². The number of rotatable bonds is 10. The molecule has 1 amide bonds. The number of carbonyl (C=O) groups is 1. The van der Waals surface area contributed by atoms with Gasteiger partial charge in [-0.05, 0) is 57.2 Å². The van der Waals surface area contributed by atoms with Gasteiger partial charge in [-0.1, -0.05) is 12.1 Å². The van der Waals surface area contributed by atoms with Gasteiger partial charge in [0.2, 0.25) is 5.91 Å². The summed E-state index contributed by atoms with van der Waals surface area (Å²) in [4.78, 5) is 12.0. The topological polar surface area (TPSA) is 56.8 Å². The van der Waals surface area contributed by atoms with Crippen LogP contribution in [0.2, 0.25) is 0 Å². The summed E-state index contributed by atoms with van der Waals surface area (Å²) < 4.78 is 16.6. The second kappa shape index (κ2) is 10.3. The molecule has 1 aromatic carbocycles. The van der Waals surface area contributed by atoms with E-state index in [4.69, 9.17) is 14.2 Å². The van der Waals surface area contributed by atoms with Gasteiger partial charge in [-0.3, -0.25) is 4.79 Å². The van der Waals surface area contributed by atoms with Gasteiger partial charge in [0.15, 0.2) is 0 Å². The van der Waals surface area contributed by atoms with Crippen molar-refractivity contribution in [2.75, 3.05) is 19.8 Å². The summed E-state index contributed by atoms with van der Waals surface area (Å²) in [6.45, 7) is 5.76. The van der Waals surface area contributed by atoms with Gasteiger partial charge in [0.05, 0.1) is 19.3 Å². The van der Waals surface area contributed by atoms with E-state index in [1.807, 2.05) is 31.2 Å². The molecule has 0 unspecified atom stereocenters. The van der Waals surface area contributed by atoms with Crippen LogP contribution in [0.25, 0.3) is 0 Å². The number of carbonyl (C=O) groups excluding carboxylic acids is 1. The van der Waals surface area contributed by atoms with Gasteiger partial charge >= 0.3 is 0 Å². The van der Waals surface area contributed by atoms with Gasteiger partial charge < -0.3 is 19.5 Å². The Kier molecular flexibility index (Phi) is 8.05. The Labute approximate surface area is 144 Å². The molecule has 134 valence electrons. The number of hydrogen-bond donors (Lipinski definition) is 1. The summed E-state index contributed by atoms with van der Waals surface area (Å²) in [5.74, 6) is 0.794. The maximum Gasteiger partial charge on any atom is 0.249 e. The van der Waals surface area contributed by atoms with Crippen molar-refractivity contribution in [3.63, 3.8) is 0 Å². The number of hydrogen-bond acceptors (Lipinski definition) is 4. The predicted molar refractivity (Wildman–Crippen MR) is 93.1 cm³/mol. The van der Waals surface area contributed by atoms with Crippen molar-refractivity contribution in [3.8, 4) is 5.75 Å². The highest BCUT2D eigenvalue weighted by molar-refractivity contribution is 5.80. The normalized spacial score (nSPS) is 16.1. The highest BCUT2D eigenvalue weighted by atomic mass is 16.5. The molecule has 0 aliphatic heterocycles. The van der Waals surface area contributed by atoms with Crippen molar-refractivity contribution >= 4 is 5.91 Å². The summed E-state index contributed by atoms with van der Waals surface area (Å²) in [6, 6.07) is 7.93. The molecule has 5 nitrogen and oxygen atoms in total. The van der Waals surface area contributed by atoms with Crippen LogP contribution in [0.4, 0.5) is 0 Å². The van der Waals surface area contributed by atoms with Crippen molar-refractivity contribution < 1.29 is 19.0 Å². The molecule has 1 aliphatic rings. The second-order valence-electron chi connectivity index (χ2n) is 6.10. The minimum absolute atomic E-state index is 0.113. The van der Waals surface area contributed by atoms with Crippen molar-refractivity contribution in [2.24, 2.45) is 0 Å². The SMILES string of the molecule is CCOCCO[C@H](C)C(=O)NCc1ccc(OC2CCCC2)cc1. The van der Waals surface area contributed by atoms with E-state index in [0.717, 1.165) is 24.2 Å². The standard InChI is InChI=1S/C19H29NO4/c1-3-22-12-13-23-15(2)19(21)20-14-16-8-10-18(11-9-16)24-17-6-4-5-7-17/h8-11,15,17H,3-7,12-14H2,1-2H3,(H,20,21)/t15-/m1/s1. The Morgan fingerprint density at radius 2 is 1.92 bits per heavy atom. The van der Waals surface area contributed by atoms with Gasteiger partial charge in [-0.15, -0.1) is 0 Å². The van der Waals surface area contributed by atoms with E-state index < -0.39 is 6.10 Å². The zero-order valence-electron chi connectivity index (χ0n) is 14.8. The van der Waals surface area contributed by atoms with Crippen LogP contribution in [-0.2, 0) is 20.8 Å². The molecule has 5 heteroatoms. The average Bonchev–Trinajstić information content (AvgIpc) is 3.10. The fourth-order valence-corrected chi connectivity index (χ4v) is 2.72. The molecule has 0 aromatic heterocycles. The van der Waals surface area contributed by atoms with Crippen molar-refractivity contribution in [1.82, 2.24) is 5.32 Å². The predicted octanol–water partition coefficient (Wildman–Crippen LogP) is 3.07. The Hall–Kier alpha value is -1.59. The lowest BCUT2D eigenvalue weighted by Crippen LogP contribution is -2.34. The molecule has 1 saturated carbocycles. The highest BCUT2D eigenvalue weighted by Gasteiger charge is 2.16. The lowest BCUT2D eigenvalue weighted by Gasteiger charge is -2.15. The maximum absolute atomic E-state index is 12.0. The maximum atomic E-state index is 12.0. The van der Waals surface area contributed by atoms with Crippen LogP contribution in [0, 0.1) is 0 Å². The average molecular weight is 335 g/mol. The van der Waals surface area contributed by atoms with E-state index in [2.05, 4.69) is 5.32 Å². The van der Waals surface area contributed by atoms with Crippen LogP contribution < -0.4 is 10.1 Å². The lowest BCUT2D eigenvalue weighted by molar-refractivity contribution is -0.132. The molecule has 0 radical (unpaired) electrons. The first-order valence-electron chi connectivity index (χ1n) is 8.91. The summed E-state index contributed by atoms with van der Waals surface area (Å²) in [7, 11) is 0. The molecule has 24 heavy (non-hydrogen) atoms. The van der Waals surface area contributed by atoms with Crippen LogP contribution in [0.15, 0.2) is 24.3 Å². The Morgan fingerprint density at radius 3 is 2.58 bits per heavy atom. The van der Waals surface area contributed by atoms with Gasteiger partial charge in [0, 0.05) is 13.2 Å². The van der Waals surface area contributed by atoms with Crippen LogP contribution in [0.5, 0.6) is 5.75 Å². The largest absolute Gasteiger partial charge is 0.490 e. The van der Waals surface area contributed by atoms with Crippen LogP contribution in [0.1, 0.15) is 45.1 Å². The third-order valence-electron chi connectivity index (χ3n) is 4.16. The van der Waals surface area contributed by atoms with E-state index in [0.29, 0.717) is 32.5 Å². The molecule has 0 spiro atoms. The van der Waals surface area contributed by atoms with Crippen LogP contribution >= 0.6 is 0 Å². The van der Waals surface area contributed by atoms with Crippen molar-refractivity contribution in [3.05, 3.63) is 29.8 Å². The molecule has 0 heterocycles. The number of benzene rings is 1. The summed E-state index contributed by atoms with van der Waals surface area (Å²) in [6.07, 6.45) is 4.72. The molecular weight excluding hydrogens is 306 g/mol. The van der Waals surface area contributed by atoms with Crippen LogP contribution in [-0.4, -0.2) is 37.9 Å². The first kappa shape index (κ1) is 18.7. The third-order valence-corrected chi connectivity index (χ3v) is 4.16. The molecule has 1 aliphatic carbocycles. The summed E-state index contributed by atoms with van der Waals surface area (Å²) in [5, 5.41) is 2.89. The Bertz CT molecular complexity index is 483. The quantitative estimate of drug-likeness (QED) is 0.668. The van der Waals surface area contributed by atoms with Gasteiger partial charge in [-0.25, -0.2) is 0 Å². The van der Waals surface area contributed by atoms with E-state index >= 15 is 0 Å². The summed E-state index contributed by atoms with van der Waals surface area (Å²) in [5.41, 5.74) is 1.05. The molecular formula is C19H29NO4. The molecule has 1 N–H and O–H groups in total. The lowest BCUT2D eigenvalue weighted by atomic mass is 10.2. The minimum atomic E-state index is -0.476. The molecule has 1 aromatic rings. The Balaban J connectivity index is 1.68.